The van der Waals surface area contributed by atoms with Crippen molar-refractivity contribution in [1.82, 2.24) is 14.8 Å². The van der Waals surface area contributed by atoms with Gasteiger partial charge in [-0.05, 0) is 36.2 Å². The third-order valence-corrected chi connectivity index (χ3v) is 5.28. The van der Waals surface area contributed by atoms with Gasteiger partial charge in [0.15, 0.2) is 5.16 Å². The fourth-order valence-corrected chi connectivity index (χ4v) is 3.92. The number of carbonyl (C=O) groups is 1. The number of thioether (sulfide) groups is 1. The number of aromatic nitrogens is 3. The molecule has 2 heterocycles. The van der Waals surface area contributed by atoms with Crippen LogP contribution in [0.4, 0.5) is 5.69 Å². The number of hydrogen-bond acceptors (Lipinski definition) is 4. The Hall–Kier alpha value is -2.31. The molecule has 1 aliphatic rings. The Morgan fingerprint density at radius 1 is 1.20 bits per heavy atom. The molecule has 0 atom stereocenters. The average molecular weight is 371 g/mol. The van der Waals surface area contributed by atoms with Gasteiger partial charge in [0.1, 0.15) is 6.33 Å². The minimum atomic E-state index is 0.0793. The second-order valence-electron chi connectivity index (χ2n) is 5.68. The summed E-state index contributed by atoms with van der Waals surface area (Å²) in [5, 5.41) is 9.41. The standard InChI is InChI=1S/C18H15ClN4OS/c19-14-5-3-6-15(10-14)23-12-20-21-18(23)25-11-17(24)22-9-8-13-4-1-2-7-16(13)22/h1-7,10,12H,8-9,11H2. The van der Waals surface area contributed by atoms with Gasteiger partial charge in [-0.25, -0.2) is 0 Å². The van der Waals surface area contributed by atoms with Crippen LogP contribution in [0.5, 0.6) is 0 Å². The fraction of sp³-hybridized carbons (Fsp3) is 0.167. The summed E-state index contributed by atoms with van der Waals surface area (Å²) in [4.78, 5) is 14.5. The molecule has 126 valence electrons. The van der Waals surface area contributed by atoms with Crippen molar-refractivity contribution in [3.63, 3.8) is 0 Å². The summed E-state index contributed by atoms with van der Waals surface area (Å²) in [7, 11) is 0. The molecule has 1 amide bonds. The van der Waals surface area contributed by atoms with E-state index in [-0.39, 0.29) is 5.91 Å². The molecule has 1 aliphatic heterocycles. The van der Waals surface area contributed by atoms with Crippen molar-refractivity contribution < 1.29 is 4.79 Å². The van der Waals surface area contributed by atoms with E-state index in [1.54, 1.807) is 6.33 Å². The van der Waals surface area contributed by atoms with Crippen LogP contribution < -0.4 is 4.90 Å². The van der Waals surface area contributed by atoms with Crippen molar-refractivity contribution in [3.05, 3.63) is 65.4 Å². The summed E-state index contributed by atoms with van der Waals surface area (Å²) in [5.41, 5.74) is 3.12. The van der Waals surface area contributed by atoms with Crippen LogP contribution in [0.2, 0.25) is 5.02 Å². The average Bonchev–Trinajstić information content (AvgIpc) is 3.26. The van der Waals surface area contributed by atoms with Gasteiger partial charge in [-0.2, -0.15) is 0 Å². The molecule has 0 fully saturated rings. The monoisotopic (exact) mass is 370 g/mol. The van der Waals surface area contributed by atoms with E-state index in [2.05, 4.69) is 16.3 Å². The van der Waals surface area contributed by atoms with Crippen molar-refractivity contribution in [2.75, 3.05) is 17.2 Å². The van der Waals surface area contributed by atoms with Crippen molar-refractivity contribution >= 4 is 35.0 Å². The highest BCUT2D eigenvalue weighted by atomic mass is 35.5. The van der Waals surface area contributed by atoms with E-state index in [1.807, 2.05) is 51.9 Å². The van der Waals surface area contributed by atoms with Gasteiger partial charge in [0.05, 0.1) is 11.4 Å². The molecule has 4 rings (SSSR count). The van der Waals surface area contributed by atoms with Gasteiger partial charge in [-0.3, -0.25) is 9.36 Å². The molecule has 0 radical (unpaired) electrons. The molecular formula is C18H15ClN4OS. The molecule has 0 bridgehead atoms. The molecule has 5 nitrogen and oxygen atoms in total. The Balaban J connectivity index is 1.48. The fourth-order valence-electron chi connectivity index (χ4n) is 2.93. The number of benzene rings is 2. The van der Waals surface area contributed by atoms with Gasteiger partial charge >= 0.3 is 0 Å². The number of rotatable bonds is 4. The van der Waals surface area contributed by atoms with Crippen molar-refractivity contribution in [3.8, 4) is 5.69 Å². The van der Waals surface area contributed by atoms with Crippen LogP contribution >= 0.6 is 23.4 Å². The third-order valence-electron chi connectivity index (χ3n) is 4.12. The number of anilines is 1. The van der Waals surface area contributed by atoms with Crippen molar-refractivity contribution in [1.29, 1.82) is 0 Å². The zero-order valence-corrected chi connectivity index (χ0v) is 14.9. The predicted molar refractivity (Wildman–Crippen MR) is 99.6 cm³/mol. The highest BCUT2D eigenvalue weighted by Gasteiger charge is 2.24. The molecule has 1 aromatic heterocycles. The lowest BCUT2D eigenvalue weighted by atomic mass is 10.2. The zero-order chi connectivity index (χ0) is 17.2. The van der Waals surface area contributed by atoms with E-state index in [0.717, 1.165) is 24.3 Å². The molecule has 2 aromatic carbocycles. The van der Waals surface area contributed by atoms with Crippen LogP contribution in [-0.4, -0.2) is 33.0 Å². The predicted octanol–water partition coefficient (Wildman–Crippen LogP) is 3.60. The Kier molecular flexibility index (Phi) is 4.46. The first-order valence-corrected chi connectivity index (χ1v) is 9.26. The number of para-hydroxylation sites is 1. The minimum absolute atomic E-state index is 0.0793. The highest BCUT2D eigenvalue weighted by molar-refractivity contribution is 7.99. The number of halogens is 1. The number of nitrogens with zero attached hydrogens (tertiary/aromatic N) is 4. The topological polar surface area (TPSA) is 51.0 Å². The molecule has 3 aromatic rings. The molecule has 0 saturated carbocycles. The lowest BCUT2D eigenvalue weighted by Crippen LogP contribution is -2.30. The lowest BCUT2D eigenvalue weighted by molar-refractivity contribution is -0.116. The first-order valence-electron chi connectivity index (χ1n) is 7.89. The molecule has 0 N–H and O–H groups in total. The van der Waals surface area contributed by atoms with Crippen LogP contribution in [0.3, 0.4) is 0 Å². The van der Waals surface area contributed by atoms with Gasteiger partial charge in [0.2, 0.25) is 5.91 Å². The van der Waals surface area contributed by atoms with Crippen LogP contribution in [0.25, 0.3) is 5.69 Å². The molecule has 0 unspecified atom stereocenters. The summed E-state index contributed by atoms with van der Waals surface area (Å²) in [5.74, 6) is 0.392. The number of carbonyl (C=O) groups excluding carboxylic acids is 1. The number of amides is 1. The molecule has 7 heteroatoms. The van der Waals surface area contributed by atoms with E-state index in [4.69, 9.17) is 11.6 Å². The zero-order valence-electron chi connectivity index (χ0n) is 13.3. The van der Waals surface area contributed by atoms with E-state index in [0.29, 0.717) is 15.9 Å². The van der Waals surface area contributed by atoms with Crippen molar-refractivity contribution in [2.24, 2.45) is 0 Å². The second kappa shape index (κ2) is 6.90. The first kappa shape index (κ1) is 16.2. The summed E-state index contributed by atoms with van der Waals surface area (Å²) in [6.07, 6.45) is 2.54. The maximum absolute atomic E-state index is 12.6. The normalized spacial score (nSPS) is 13.1. The first-order chi connectivity index (χ1) is 12.2. The van der Waals surface area contributed by atoms with Crippen LogP contribution in [0.15, 0.2) is 60.0 Å². The Bertz CT molecular complexity index is 927. The third kappa shape index (κ3) is 3.27. The van der Waals surface area contributed by atoms with Gasteiger partial charge in [0, 0.05) is 17.3 Å². The quantitative estimate of drug-likeness (QED) is 0.658. The van der Waals surface area contributed by atoms with Crippen molar-refractivity contribution in [2.45, 2.75) is 11.6 Å². The Labute approximate surface area is 154 Å². The smallest absolute Gasteiger partial charge is 0.237 e. The van der Waals surface area contributed by atoms with Gasteiger partial charge < -0.3 is 4.90 Å². The van der Waals surface area contributed by atoms with E-state index >= 15 is 0 Å². The number of fused-ring (bicyclic) bond motifs is 1. The lowest BCUT2D eigenvalue weighted by Gasteiger charge is -2.17. The van der Waals surface area contributed by atoms with Gasteiger partial charge in [-0.15, -0.1) is 10.2 Å². The Morgan fingerprint density at radius 3 is 2.96 bits per heavy atom. The largest absolute Gasteiger partial charge is 0.311 e. The maximum Gasteiger partial charge on any atom is 0.237 e. The molecule has 0 aliphatic carbocycles. The molecule has 0 spiro atoms. The van der Waals surface area contributed by atoms with Gasteiger partial charge in [-0.1, -0.05) is 47.6 Å². The van der Waals surface area contributed by atoms with E-state index in [9.17, 15) is 4.79 Å². The number of hydrogen-bond donors (Lipinski definition) is 0. The Morgan fingerprint density at radius 2 is 2.08 bits per heavy atom. The second-order valence-corrected chi connectivity index (χ2v) is 7.06. The molecule has 0 saturated heterocycles. The highest BCUT2D eigenvalue weighted by Crippen LogP contribution is 2.29. The summed E-state index contributed by atoms with van der Waals surface area (Å²) >= 11 is 7.43. The van der Waals surface area contributed by atoms with Gasteiger partial charge in [0.25, 0.3) is 0 Å². The van der Waals surface area contributed by atoms with Crippen LogP contribution in [-0.2, 0) is 11.2 Å². The summed E-state index contributed by atoms with van der Waals surface area (Å²) in [6, 6.07) is 15.5. The summed E-state index contributed by atoms with van der Waals surface area (Å²) in [6.45, 7) is 0.736. The summed E-state index contributed by atoms with van der Waals surface area (Å²) < 4.78 is 1.84. The minimum Gasteiger partial charge on any atom is -0.311 e. The van der Waals surface area contributed by atoms with E-state index < -0.39 is 0 Å². The SMILES string of the molecule is O=C(CSc1nncn1-c1cccc(Cl)c1)N1CCc2ccccc21. The maximum atomic E-state index is 12.6. The molecule has 25 heavy (non-hydrogen) atoms. The van der Waals surface area contributed by atoms with E-state index in [1.165, 1.54) is 17.3 Å². The molecular weight excluding hydrogens is 356 g/mol. The van der Waals surface area contributed by atoms with Crippen LogP contribution in [0.1, 0.15) is 5.56 Å². The van der Waals surface area contributed by atoms with Crippen LogP contribution in [0, 0.1) is 0 Å².